The highest BCUT2D eigenvalue weighted by atomic mass is 15.1. The number of anilines is 4. The Morgan fingerprint density at radius 2 is 1.73 bits per heavy atom. The lowest BCUT2D eigenvalue weighted by Crippen LogP contribution is -2.20. The van der Waals surface area contributed by atoms with Gasteiger partial charge in [-0.05, 0) is 25.0 Å². The number of aromatic nitrogens is 3. The van der Waals surface area contributed by atoms with Crippen molar-refractivity contribution in [3.63, 3.8) is 0 Å². The molecule has 2 aromatic rings. The quantitative estimate of drug-likeness (QED) is 0.750. The minimum atomic E-state index is 0.447. The molecule has 4 N–H and O–H groups in total. The third kappa shape index (κ3) is 3.63. The molecular formula is C16H22N6. The summed E-state index contributed by atoms with van der Waals surface area (Å²) in [7, 11) is 0. The molecule has 0 spiro atoms. The van der Waals surface area contributed by atoms with Crippen LogP contribution in [0.15, 0.2) is 30.7 Å². The van der Waals surface area contributed by atoms with Gasteiger partial charge in [-0.2, -0.15) is 0 Å². The SMILES string of the molecule is Nc1c(Nc2ccccn2)ncnc1NC1CCCCCC1. The van der Waals surface area contributed by atoms with Crippen LogP contribution in [0.1, 0.15) is 38.5 Å². The van der Waals surface area contributed by atoms with Crippen LogP contribution in [0.3, 0.4) is 0 Å². The third-order valence-corrected chi connectivity index (χ3v) is 3.99. The van der Waals surface area contributed by atoms with Crippen molar-refractivity contribution in [3.05, 3.63) is 30.7 Å². The van der Waals surface area contributed by atoms with Crippen molar-refractivity contribution in [2.24, 2.45) is 0 Å². The Labute approximate surface area is 130 Å². The van der Waals surface area contributed by atoms with E-state index in [1.54, 1.807) is 6.20 Å². The van der Waals surface area contributed by atoms with Gasteiger partial charge >= 0.3 is 0 Å². The van der Waals surface area contributed by atoms with Gasteiger partial charge in [0.25, 0.3) is 0 Å². The molecule has 0 aliphatic heterocycles. The van der Waals surface area contributed by atoms with E-state index in [9.17, 15) is 0 Å². The van der Waals surface area contributed by atoms with Crippen LogP contribution in [0.25, 0.3) is 0 Å². The van der Waals surface area contributed by atoms with Crippen molar-refractivity contribution < 1.29 is 0 Å². The van der Waals surface area contributed by atoms with Crippen LogP contribution in [0.5, 0.6) is 0 Å². The summed E-state index contributed by atoms with van der Waals surface area (Å²) in [5, 5.41) is 6.61. The van der Waals surface area contributed by atoms with Gasteiger partial charge in [0.1, 0.15) is 17.8 Å². The Kier molecular flexibility index (Phi) is 4.68. The molecule has 0 aromatic carbocycles. The standard InChI is InChI=1S/C16H22N6/c17-14-15(21-12-7-3-1-2-4-8-12)19-11-20-16(14)22-13-9-5-6-10-18-13/h5-6,9-12H,1-4,7-8,17H2,(H2,18,19,20,21,22). The van der Waals surface area contributed by atoms with Crippen molar-refractivity contribution in [1.29, 1.82) is 0 Å². The molecule has 6 heteroatoms. The summed E-state index contributed by atoms with van der Waals surface area (Å²) in [6.45, 7) is 0. The van der Waals surface area contributed by atoms with Crippen molar-refractivity contribution in [1.82, 2.24) is 15.0 Å². The molecule has 0 atom stereocenters. The molecule has 3 rings (SSSR count). The van der Waals surface area contributed by atoms with Gasteiger partial charge in [0.05, 0.1) is 0 Å². The van der Waals surface area contributed by atoms with Gasteiger partial charge in [-0.1, -0.05) is 31.7 Å². The first kappa shape index (κ1) is 14.6. The van der Waals surface area contributed by atoms with Crippen molar-refractivity contribution in [2.75, 3.05) is 16.4 Å². The summed E-state index contributed by atoms with van der Waals surface area (Å²) < 4.78 is 0. The molecule has 6 nitrogen and oxygen atoms in total. The van der Waals surface area contributed by atoms with E-state index in [4.69, 9.17) is 5.73 Å². The van der Waals surface area contributed by atoms with E-state index in [0.29, 0.717) is 29.2 Å². The van der Waals surface area contributed by atoms with Crippen LogP contribution < -0.4 is 16.4 Å². The summed E-state index contributed by atoms with van der Waals surface area (Å²) >= 11 is 0. The third-order valence-electron chi connectivity index (χ3n) is 3.99. The van der Waals surface area contributed by atoms with Gasteiger partial charge in [0.15, 0.2) is 11.6 Å². The fourth-order valence-corrected chi connectivity index (χ4v) is 2.79. The second-order valence-corrected chi connectivity index (χ2v) is 5.66. The van der Waals surface area contributed by atoms with E-state index in [1.165, 1.54) is 44.9 Å². The lowest BCUT2D eigenvalue weighted by Gasteiger charge is -2.19. The summed E-state index contributed by atoms with van der Waals surface area (Å²) in [4.78, 5) is 12.7. The van der Waals surface area contributed by atoms with Gasteiger partial charge < -0.3 is 16.4 Å². The molecule has 1 saturated carbocycles. The number of hydrogen-bond donors (Lipinski definition) is 3. The highest BCUT2D eigenvalue weighted by molar-refractivity contribution is 5.76. The van der Waals surface area contributed by atoms with Crippen LogP contribution >= 0.6 is 0 Å². The van der Waals surface area contributed by atoms with Gasteiger partial charge in [-0.15, -0.1) is 0 Å². The Balaban J connectivity index is 1.73. The molecule has 0 amide bonds. The fraction of sp³-hybridized carbons (Fsp3) is 0.438. The maximum absolute atomic E-state index is 6.21. The van der Waals surface area contributed by atoms with Crippen molar-refractivity contribution >= 4 is 23.1 Å². The Bertz CT molecular complexity index is 593. The monoisotopic (exact) mass is 298 g/mol. The number of nitrogen functional groups attached to an aromatic ring is 1. The Hall–Kier alpha value is -2.37. The molecule has 1 aliphatic carbocycles. The van der Waals surface area contributed by atoms with Crippen molar-refractivity contribution in [3.8, 4) is 0 Å². The van der Waals surface area contributed by atoms with Gasteiger partial charge in [-0.3, -0.25) is 0 Å². The number of pyridine rings is 1. The minimum absolute atomic E-state index is 0.447. The molecular weight excluding hydrogens is 276 g/mol. The summed E-state index contributed by atoms with van der Waals surface area (Å²) in [6, 6.07) is 6.10. The zero-order chi connectivity index (χ0) is 15.2. The average Bonchev–Trinajstić information content (AvgIpc) is 2.81. The van der Waals surface area contributed by atoms with Gasteiger partial charge in [0.2, 0.25) is 0 Å². The first-order valence-corrected chi connectivity index (χ1v) is 7.88. The van der Waals surface area contributed by atoms with Crippen LogP contribution in [0.4, 0.5) is 23.1 Å². The number of hydrogen-bond acceptors (Lipinski definition) is 6. The maximum Gasteiger partial charge on any atom is 0.160 e. The van der Waals surface area contributed by atoms with Gasteiger partial charge in [-0.25, -0.2) is 15.0 Å². The molecule has 116 valence electrons. The minimum Gasteiger partial charge on any atom is -0.393 e. The molecule has 0 unspecified atom stereocenters. The maximum atomic E-state index is 6.21. The van der Waals surface area contributed by atoms with Crippen LogP contribution in [-0.2, 0) is 0 Å². The van der Waals surface area contributed by atoms with E-state index in [0.717, 1.165) is 0 Å². The normalized spacial score (nSPS) is 16.0. The second kappa shape index (κ2) is 7.06. The van der Waals surface area contributed by atoms with E-state index in [1.807, 2.05) is 18.2 Å². The first-order valence-electron chi connectivity index (χ1n) is 7.88. The molecule has 0 radical (unpaired) electrons. The lowest BCUT2D eigenvalue weighted by atomic mass is 10.1. The topological polar surface area (TPSA) is 88.8 Å². The summed E-state index contributed by atoms with van der Waals surface area (Å²) in [5.41, 5.74) is 6.75. The number of nitrogens with one attached hydrogen (secondary N) is 2. The first-order chi connectivity index (χ1) is 10.8. The molecule has 2 heterocycles. The zero-order valence-electron chi connectivity index (χ0n) is 12.6. The second-order valence-electron chi connectivity index (χ2n) is 5.66. The predicted molar refractivity (Wildman–Crippen MR) is 89.1 cm³/mol. The summed E-state index contributed by atoms with van der Waals surface area (Å²) in [5.74, 6) is 2.01. The number of rotatable bonds is 4. The van der Waals surface area contributed by atoms with E-state index >= 15 is 0 Å². The zero-order valence-corrected chi connectivity index (χ0v) is 12.6. The summed E-state index contributed by atoms with van der Waals surface area (Å²) in [6.07, 6.45) is 10.8. The molecule has 2 aromatic heterocycles. The highest BCUT2D eigenvalue weighted by Gasteiger charge is 2.15. The smallest absolute Gasteiger partial charge is 0.160 e. The molecule has 22 heavy (non-hydrogen) atoms. The Morgan fingerprint density at radius 1 is 0.955 bits per heavy atom. The molecule has 1 aliphatic rings. The number of nitrogens with two attached hydrogens (primary N) is 1. The van der Waals surface area contributed by atoms with Crippen LogP contribution in [-0.4, -0.2) is 21.0 Å². The lowest BCUT2D eigenvalue weighted by molar-refractivity contribution is 0.618. The van der Waals surface area contributed by atoms with E-state index in [2.05, 4.69) is 25.6 Å². The van der Waals surface area contributed by atoms with Gasteiger partial charge in [0, 0.05) is 12.2 Å². The van der Waals surface area contributed by atoms with Crippen molar-refractivity contribution in [2.45, 2.75) is 44.6 Å². The molecule has 0 saturated heterocycles. The fourth-order valence-electron chi connectivity index (χ4n) is 2.79. The molecule has 0 bridgehead atoms. The van der Waals surface area contributed by atoms with E-state index in [-0.39, 0.29) is 0 Å². The Morgan fingerprint density at radius 3 is 2.45 bits per heavy atom. The molecule has 1 fully saturated rings. The van der Waals surface area contributed by atoms with Crippen LogP contribution in [0, 0.1) is 0 Å². The predicted octanol–water partition coefficient (Wildman–Crippen LogP) is 3.33. The highest BCUT2D eigenvalue weighted by Crippen LogP contribution is 2.27. The average molecular weight is 298 g/mol. The van der Waals surface area contributed by atoms with Crippen LogP contribution in [0.2, 0.25) is 0 Å². The largest absolute Gasteiger partial charge is 0.393 e. The number of nitrogens with zero attached hydrogens (tertiary/aromatic N) is 3. The van der Waals surface area contributed by atoms with E-state index < -0.39 is 0 Å².